The van der Waals surface area contributed by atoms with Crippen LogP contribution in [-0.4, -0.2) is 27.7 Å². The van der Waals surface area contributed by atoms with Gasteiger partial charge in [-0.05, 0) is 25.0 Å². The smallest absolute Gasteiger partial charge is 0.0938 e. The Labute approximate surface area is 125 Å². The molecule has 0 amide bonds. The maximum absolute atomic E-state index is 5.82. The standard InChI is InChI=1S/C15H23N5O/c1-4-15(5-2,21-3)14(18-16)13-11-17-19-20(13)12-9-7-6-8-10-12/h6-11,14,18H,4-5,16H2,1-3H3. The van der Waals surface area contributed by atoms with Gasteiger partial charge in [-0.15, -0.1) is 5.10 Å². The molecular formula is C15H23N5O. The first-order valence-corrected chi connectivity index (χ1v) is 7.19. The maximum Gasteiger partial charge on any atom is 0.0938 e. The van der Waals surface area contributed by atoms with Crippen molar-refractivity contribution in [3.05, 3.63) is 42.2 Å². The fourth-order valence-electron chi connectivity index (χ4n) is 2.78. The van der Waals surface area contributed by atoms with Gasteiger partial charge in [-0.1, -0.05) is 37.3 Å². The van der Waals surface area contributed by atoms with Crippen LogP contribution in [0.25, 0.3) is 5.69 Å². The number of benzene rings is 1. The van der Waals surface area contributed by atoms with Crippen molar-refractivity contribution in [2.45, 2.75) is 38.3 Å². The summed E-state index contributed by atoms with van der Waals surface area (Å²) in [6.07, 6.45) is 3.39. The van der Waals surface area contributed by atoms with E-state index >= 15 is 0 Å². The van der Waals surface area contributed by atoms with Gasteiger partial charge in [0.2, 0.25) is 0 Å². The van der Waals surface area contributed by atoms with Crippen LogP contribution in [0.3, 0.4) is 0 Å². The highest BCUT2D eigenvalue weighted by atomic mass is 16.5. The molecule has 0 aliphatic heterocycles. The van der Waals surface area contributed by atoms with E-state index in [1.54, 1.807) is 18.0 Å². The van der Waals surface area contributed by atoms with Crippen molar-refractivity contribution in [3.63, 3.8) is 0 Å². The van der Waals surface area contributed by atoms with Crippen molar-refractivity contribution < 1.29 is 4.74 Å². The molecule has 1 heterocycles. The molecule has 1 aromatic heterocycles. The third-order valence-electron chi connectivity index (χ3n) is 4.17. The van der Waals surface area contributed by atoms with Crippen LogP contribution in [0, 0.1) is 0 Å². The van der Waals surface area contributed by atoms with E-state index in [1.165, 1.54) is 0 Å². The summed E-state index contributed by atoms with van der Waals surface area (Å²) < 4.78 is 7.59. The molecule has 6 heteroatoms. The Bertz CT molecular complexity index is 542. The zero-order chi connectivity index (χ0) is 15.3. The Kier molecular flexibility index (Phi) is 5.06. The lowest BCUT2D eigenvalue weighted by molar-refractivity contribution is -0.0502. The summed E-state index contributed by atoms with van der Waals surface area (Å²) in [5.74, 6) is 5.82. The first-order chi connectivity index (χ1) is 10.2. The SMILES string of the molecule is CCC(CC)(OC)C(NN)c1cnnn1-c1ccccc1. The summed E-state index contributed by atoms with van der Waals surface area (Å²) >= 11 is 0. The fraction of sp³-hybridized carbons (Fsp3) is 0.467. The molecule has 6 nitrogen and oxygen atoms in total. The lowest BCUT2D eigenvalue weighted by atomic mass is 9.86. The van der Waals surface area contributed by atoms with Gasteiger partial charge in [0.25, 0.3) is 0 Å². The van der Waals surface area contributed by atoms with E-state index in [-0.39, 0.29) is 6.04 Å². The van der Waals surface area contributed by atoms with E-state index < -0.39 is 5.60 Å². The minimum absolute atomic E-state index is 0.201. The molecule has 2 aromatic rings. The molecule has 1 atom stereocenters. The molecule has 0 saturated carbocycles. The van der Waals surface area contributed by atoms with Crippen molar-refractivity contribution >= 4 is 0 Å². The number of aromatic nitrogens is 3. The Hall–Kier alpha value is -1.76. The van der Waals surface area contributed by atoms with Gasteiger partial charge in [-0.3, -0.25) is 5.84 Å². The summed E-state index contributed by atoms with van der Waals surface area (Å²) in [4.78, 5) is 0. The van der Waals surface area contributed by atoms with Gasteiger partial charge in [0.15, 0.2) is 0 Å². The van der Waals surface area contributed by atoms with Gasteiger partial charge in [-0.2, -0.15) is 0 Å². The largest absolute Gasteiger partial charge is 0.376 e. The normalized spacial score (nSPS) is 13.3. The lowest BCUT2D eigenvalue weighted by Gasteiger charge is -2.37. The van der Waals surface area contributed by atoms with Crippen LogP contribution in [0.1, 0.15) is 38.4 Å². The highest BCUT2D eigenvalue weighted by Crippen LogP contribution is 2.34. The summed E-state index contributed by atoms with van der Waals surface area (Å²) in [5.41, 5.74) is 4.31. The van der Waals surface area contributed by atoms with Crippen LogP contribution in [0.15, 0.2) is 36.5 Å². The van der Waals surface area contributed by atoms with Crippen molar-refractivity contribution in [2.24, 2.45) is 5.84 Å². The number of hydrogen-bond donors (Lipinski definition) is 2. The highest BCUT2D eigenvalue weighted by molar-refractivity contribution is 5.32. The maximum atomic E-state index is 5.82. The van der Waals surface area contributed by atoms with E-state index in [0.717, 1.165) is 24.2 Å². The molecule has 114 valence electrons. The molecule has 0 spiro atoms. The second kappa shape index (κ2) is 6.80. The Morgan fingerprint density at radius 3 is 2.48 bits per heavy atom. The summed E-state index contributed by atoms with van der Waals surface area (Å²) in [6.45, 7) is 4.18. The monoisotopic (exact) mass is 289 g/mol. The van der Waals surface area contributed by atoms with Crippen molar-refractivity contribution in [2.75, 3.05) is 7.11 Å². The number of ether oxygens (including phenoxy) is 1. The molecule has 2 rings (SSSR count). The average Bonchev–Trinajstić information content (AvgIpc) is 3.02. The van der Waals surface area contributed by atoms with Crippen molar-refractivity contribution in [1.82, 2.24) is 20.4 Å². The number of methoxy groups -OCH3 is 1. The van der Waals surface area contributed by atoms with Crippen LogP contribution < -0.4 is 11.3 Å². The second-order valence-corrected chi connectivity index (χ2v) is 4.98. The molecule has 0 radical (unpaired) electrons. The molecule has 0 saturated heterocycles. The van der Waals surface area contributed by atoms with Crippen LogP contribution in [0.2, 0.25) is 0 Å². The molecule has 21 heavy (non-hydrogen) atoms. The van der Waals surface area contributed by atoms with Gasteiger partial charge in [0.05, 0.1) is 29.2 Å². The lowest BCUT2D eigenvalue weighted by Crippen LogP contribution is -2.48. The molecular weight excluding hydrogens is 266 g/mol. The topological polar surface area (TPSA) is 78.0 Å². The van der Waals surface area contributed by atoms with Gasteiger partial charge < -0.3 is 4.74 Å². The van der Waals surface area contributed by atoms with Gasteiger partial charge in [0, 0.05) is 7.11 Å². The highest BCUT2D eigenvalue weighted by Gasteiger charge is 2.38. The predicted molar refractivity (Wildman–Crippen MR) is 81.7 cm³/mol. The minimum Gasteiger partial charge on any atom is -0.376 e. The third kappa shape index (κ3) is 2.83. The van der Waals surface area contributed by atoms with E-state index in [0.29, 0.717) is 0 Å². The molecule has 0 bridgehead atoms. The van der Waals surface area contributed by atoms with Gasteiger partial charge in [-0.25, -0.2) is 10.1 Å². The minimum atomic E-state index is -0.400. The molecule has 1 unspecified atom stereocenters. The van der Waals surface area contributed by atoms with Crippen LogP contribution in [0.4, 0.5) is 0 Å². The average molecular weight is 289 g/mol. The first-order valence-electron chi connectivity index (χ1n) is 7.19. The number of nitrogens with one attached hydrogen (secondary N) is 1. The van der Waals surface area contributed by atoms with E-state index in [1.807, 2.05) is 30.3 Å². The summed E-state index contributed by atoms with van der Waals surface area (Å²) in [6, 6.07) is 9.67. The molecule has 0 fully saturated rings. The zero-order valence-corrected chi connectivity index (χ0v) is 12.8. The number of hydrazine groups is 1. The summed E-state index contributed by atoms with van der Waals surface area (Å²) in [5, 5.41) is 8.23. The van der Waals surface area contributed by atoms with E-state index in [2.05, 4.69) is 29.6 Å². The Morgan fingerprint density at radius 2 is 1.95 bits per heavy atom. The number of nitrogens with zero attached hydrogens (tertiary/aromatic N) is 3. The van der Waals surface area contributed by atoms with Crippen molar-refractivity contribution in [1.29, 1.82) is 0 Å². The zero-order valence-electron chi connectivity index (χ0n) is 12.8. The molecule has 0 aliphatic rings. The second-order valence-electron chi connectivity index (χ2n) is 4.98. The fourth-order valence-corrected chi connectivity index (χ4v) is 2.78. The van der Waals surface area contributed by atoms with E-state index in [4.69, 9.17) is 10.6 Å². The van der Waals surface area contributed by atoms with Gasteiger partial charge in [0.1, 0.15) is 0 Å². The quantitative estimate of drug-likeness (QED) is 0.602. The number of nitrogens with two attached hydrogens (primary N) is 1. The third-order valence-corrected chi connectivity index (χ3v) is 4.17. The van der Waals surface area contributed by atoms with Crippen LogP contribution in [-0.2, 0) is 4.74 Å². The molecule has 3 N–H and O–H groups in total. The molecule has 0 aliphatic carbocycles. The number of hydrogen-bond acceptors (Lipinski definition) is 5. The Balaban J connectivity index is 2.47. The van der Waals surface area contributed by atoms with Crippen LogP contribution >= 0.6 is 0 Å². The number of para-hydroxylation sites is 1. The summed E-state index contributed by atoms with van der Waals surface area (Å²) in [7, 11) is 1.72. The van der Waals surface area contributed by atoms with Gasteiger partial charge >= 0.3 is 0 Å². The first kappa shape index (κ1) is 15.6. The Morgan fingerprint density at radius 1 is 1.29 bits per heavy atom. The predicted octanol–water partition coefficient (Wildman–Crippen LogP) is 1.98. The van der Waals surface area contributed by atoms with Crippen molar-refractivity contribution in [3.8, 4) is 5.69 Å². The molecule has 1 aromatic carbocycles. The van der Waals surface area contributed by atoms with E-state index in [9.17, 15) is 0 Å². The van der Waals surface area contributed by atoms with Crippen LogP contribution in [0.5, 0.6) is 0 Å². The number of rotatable bonds is 7.